The SMILES string of the molecule is Cc1ncc(NC(=O)CN2CCCC2(C)C)cc1NC(=O)c1cnn2cc(-c3cccn(CCF)c3=O)sc12. The molecular formula is C27H30FN7O3S. The normalized spacial score (nSPS) is 15.1. The molecule has 0 bridgehead atoms. The Bertz CT molecular complexity index is 1610. The molecule has 4 aromatic heterocycles. The Kier molecular flexibility index (Phi) is 7.32. The quantitative estimate of drug-likeness (QED) is 0.343. The van der Waals surface area contributed by atoms with E-state index in [0.29, 0.717) is 37.9 Å². The Morgan fingerprint density at radius 3 is 2.79 bits per heavy atom. The summed E-state index contributed by atoms with van der Waals surface area (Å²) in [6.07, 6.45) is 8.37. The van der Waals surface area contributed by atoms with Crippen molar-refractivity contribution in [2.45, 2.75) is 45.7 Å². The van der Waals surface area contributed by atoms with E-state index in [4.69, 9.17) is 0 Å². The van der Waals surface area contributed by atoms with E-state index in [0.717, 1.165) is 19.4 Å². The molecule has 1 saturated heterocycles. The van der Waals surface area contributed by atoms with Crippen molar-refractivity contribution < 1.29 is 14.0 Å². The number of likely N-dealkylation sites (tertiary alicyclic amines) is 1. The molecule has 0 atom stereocenters. The predicted molar refractivity (Wildman–Crippen MR) is 149 cm³/mol. The molecule has 204 valence electrons. The highest BCUT2D eigenvalue weighted by Gasteiger charge is 2.33. The number of nitrogens with zero attached hydrogens (tertiary/aromatic N) is 5. The molecule has 1 aliphatic heterocycles. The van der Waals surface area contributed by atoms with E-state index in [1.807, 2.05) is 0 Å². The second-order valence-electron chi connectivity index (χ2n) is 10.2. The molecule has 0 spiro atoms. The summed E-state index contributed by atoms with van der Waals surface area (Å²) in [6, 6.07) is 5.04. The first-order valence-electron chi connectivity index (χ1n) is 12.7. The standard InChI is InChI=1S/C27H30FN7O3S/c1-17-21(12-18(13-29-17)31-23(36)16-34-10-5-7-27(34,2)3)32-24(37)20-14-30-35-15-22(39-26(20)35)19-6-4-9-33(11-8-28)25(19)38/h4,6,9,12-15H,5,7-8,10-11,16H2,1-3H3,(H,31,36)(H,32,37). The third kappa shape index (κ3) is 5.48. The summed E-state index contributed by atoms with van der Waals surface area (Å²) in [4.78, 5) is 46.4. The molecule has 1 fully saturated rings. The van der Waals surface area contributed by atoms with Gasteiger partial charge in [-0.1, -0.05) is 0 Å². The summed E-state index contributed by atoms with van der Waals surface area (Å²) in [5.41, 5.74) is 1.98. The highest BCUT2D eigenvalue weighted by atomic mass is 32.1. The molecule has 0 saturated carbocycles. The van der Waals surface area contributed by atoms with Crippen LogP contribution >= 0.6 is 11.3 Å². The maximum absolute atomic E-state index is 13.2. The first kappa shape index (κ1) is 26.7. The van der Waals surface area contributed by atoms with Gasteiger partial charge < -0.3 is 15.2 Å². The van der Waals surface area contributed by atoms with Crippen LogP contribution in [-0.2, 0) is 11.3 Å². The number of hydrogen-bond donors (Lipinski definition) is 2. The number of anilines is 2. The Morgan fingerprint density at radius 2 is 2.05 bits per heavy atom. The number of carbonyl (C=O) groups is 2. The van der Waals surface area contributed by atoms with Crippen LogP contribution in [0.2, 0.25) is 0 Å². The first-order valence-corrected chi connectivity index (χ1v) is 13.5. The molecule has 0 aromatic carbocycles. The average Bonchev–Trinajstić information content (AvgIpc) is 3.57. The van der Waals surface area contributed by atoms with Crippen LogP contribution < -0.4 is 16.2 Å². The van der Waals surface area contributed by atoms with Crippen LogP contribution in [0.15, 0.2) is 47.8 Å². The molecule has 0 unspecified atom stereocenters. The molecule has 2 N–H and O–H groups in total. The van der Waals surface area contributed by atoms with Crippen LogP contribution in [-0.4, -0.2) is 61.2 Å². The number of amides is 2. The fraction of sp³-hybridized carbons (Fsp3) is 0.370. The van der Waals surface area contributed by atoms with Crippen LogP contribution in [0, 0.1) is 6.92 Å². The van der Waals surface area contributed by atoms with Gasteiger partial charge in [0.2, 0.25) is 5.91 Å². The minimum atomic E-state index is -0.642. The molecule has 0 aliphatic carbocycles. The number of thiazole rings is 1. The number of aromatic nitrogens is 4. The molecule has 12 heteroatoms. The molecule has 2 amide bonds. The number of halogens is 1. The fourth-order valence-corrected chi connectivity index (χ4v) is 5.88. The average molecular weight is 552 g/mol. The Morgan fingerprint density at radius 1 is 1.23 bits per heavy atom. The topological polar surface area (TPSA) is 114 Å². The lowest BCUT2D eigenvalue weighted by molar-refractivity contribution is -0.118. The maximum Gasteiger partial charge on any atom is 0.260 e. The lowest BCUT2D eigenvalue weighted by atomic mass is 10.0. The number of nitrogens with one attached hydrogen (secondary N) is 2. The highest BCUT2D eigenvalue weighted by molar-refractivity contribution is 7.21. The largest absolute Gasteiger partial charge is 0.324 e. The van der Waals surface area contributed by atoms with Crippen molar-refractivity contribution in [2.24, 2.45) is 0 Å². The van der Waals surface area contributed by atoms with Gasteiger partial charge in [0.25, 0.3) is 11.5 Å². The molecule has 5 rings (SSSR count). The van der Waals surface area contributed by atoms with Gasteiger partial charge in [-0.15, -0.1) is 11.3 Å². The van der Waals surface area contributed by atoms with E-state index in [9.17, 15) is 18.8 Å². The molecule has 0 radical (unpaired) electrons. The van der Waals surface area contributed by atoms with Gasteiger partial charge in [-0.05, 0) is 58.4 Å². The van der Waals surface area contributed by atoms with Gasteiger partial charge in [0.05, 0.1) is 58.6 Å². The first-order chi connectivity index (χ1) is 18.7. The zero-order valence-corrected chi connectivity index (χ0v) is 22.8. The van der Waals surface area contributed by atoms with Gasteiger partial charge in [-0.25, -0.2) is 8.91 Å². The van der Waals surface area contributed by atoms with Crippen molar-refractivity contribution >= 4 is 39.4 Å². The lowest BCUT2D eigenvalue weighted by Crippen LogP contribution is -2.42. The van der Waals surface area contributed by atoms with Crippen molar-refractivity contribution in [1.82, 2.24) is 24.1 Å². The van der Waals surface area contributed by atoms with Crippen LogP contribution in [0.4, 0.5) is 15.8 Å². The number of aryl methyl sites for hydroxylation is 2. The van der Waals surface area contributed by atoms with Crippen molar-refractivity contribution in [2.75, 3.05) is 30.4 Å². The summed E-state index contributed by atoms with van der Waals surface area (Å²) < 4.78 is 15.7. The summed E-state index contributed by atoms with van der Waals surface area (Å²) in [5.74, 6) is -0.530. The molecule has 4 aromatic rings. The van der Waals surface area contributed by atoms with Gasteiger partial charge in [0.1, 0.15) is 11.5 Å². The molecular weight excluding hydrogens is 521 g/mol. The third-order valence-corrected chi connectivity index (χ3v) is 8.22. The van der Waals surface area contributed by atoms with Crippen molar-refractivity contribution in [3.05, 3.63) is 64.6 Å². The summed E-state index contributed by atoms with van der Waals surface area (Å²) >= 11 is 1.25. The van der Waals surface area contributed by atoms with Crippen LogP contribution in [0.25, 0.3) is 15.3 Å². The van der Waals surface area contributed by atoms with E-state index >= 15 is 0 Å². The highest BCUT2D eigenvalue weighted by Crippen LogP contribution is 2.30. The van der Waals surface area contributed by atoms with Gasteiger partial charge in [-0.3, -0.25) is 24.3 Å². The van der Waals surface area contributed by atoms with Crippen molar-refractivity contribution in [3.63, 3.8) is 0 Å². The Hall–Kier alpha value is -3.90. The van der Waals surface area contributed by atoms with E-state index in [1.54, 1.807) is 48.2 Å². The number of pyridine rings is 2. The van der Waals surface area contributed by atoms with E-state index in [2.05, 4.69) is 39.5 Å². The van der Waals surface area contributed by atoms with Gasteiger partial charge in [-0.2, -0.15) is 5.10 Å². The van der Waals surface area contributed by atoms with Crippen LogP contribution in [0.3, 0.4) is 0 Å². The number of hydrogen-bond acceptors (Lipinski definition) is 7. The number of alkyl halides is 1. The predicted octanol–water partition coefficient (Wildman–Crippen LogP) is 3.96. The van der Waals surface area contributed by atoms with Gasteiger partial charge in [0.15, 0.2) is 0 Å². The number of fused-ring (bicyclic) bond motifs is 1. The second kappa shape index (κ2) is 10.7. The lowest BCUT2D eigenvalue weighted by Gasteiger charge is -2.30. The fourth-order valence-electron chi connectivity index (χ4n) is 4.81. The van der Waals surface area contributed by atoms with E-state index in [1.165, 1.54) is 22.1 Å². The molecule has 10 nitrogen and oxygen atoms in total. The zero-order chi connectivity index (χ0) is 27.7. The van der Waals surface area contributed by atoms with Crippen LogP contribution in [0.1, 0.15) is 42.7 Å². The second-order valence-corrected chi connectivity index (χ2v) is 11.2. The molecule has 1 aliphatic rings. The Labute approximate surface area is 228 Å². The van der Waals surface area contributed by atoms with E-state index < -0.39 is 12.6 Å². The Balaban J connectivity index is 1.33. The summed E-state index contributed by atoms with van der Waals surface area (Å²) in [5, 5.41) is 10.0. The zero-order valence-electron chi connectivity index (χ0n) is 22.0. The summed E-state index contributed by atoms with van der Waals surface area (Å²) in [7, 11) is 0. The molecule has 5 heterocycles. The monoisotopic (exact) mass is 551 g/mol. The number of carbonyl (C=O) groups excluding carboxylic acids is 2. The molecule has 39 heavy (non-hydrogen) atoms. The maximum atomic E-state index is 13.2. The smallest absolute Gasteiger partial charge is 0.260 e. The van der Waals surface area contributed by atoms with Gasteiger partial charge >= 0.3 is 0 Å². The van der Waals surface area contributed by atoms with E-state index in [-0.39, 0.29) is 30.1 Å². The van der Waals surface area contributed by atoms with Crippen molar-refractivity contribution in [3.8, 4) is 10.4 Å². The van der Waals surface area contributed by atoms with Gasteiger partial charge in [0, 0.05) is 17.9 Å². The minimum absolute atomic E-state index is 0.00807. The third-order valence-electron chi connectivity index (χ3n) is 7.08. The van der Waals surface area contributed by atoms with Crippen molar-refractivity contribution in [1.29, 1.82) is 0 Å². The summed E-state index contributed by atoms with van der Waals surface area (Å²) in [6.45, 7) is 6.56. The van der Waals surface area contributed by atoms with Crippen LogP contribution in [0.5, 0.6) is 0 Å². The number of rotatable bonds is 8. The minimum Gasteiger partial charge on any atom is -0.324 e.